The van der Waals surface area contributed by atoms with Gasteiger partial charge in [0.25, 0.3) is 0 Å². The third-order valence-electron chi connectivity index (χ3n) is 7.59. The van der Waals surface area contributed by atoms with Crippen LogP contribution in [0, 0.1) is 0 Å². The molecule has 2 rings (SSSR count). The molecule has 282 valence electrons. The lowest BCUT2D eigenvalue weighted by Crippen LogP contribution is -2.51. The van der Waals surface area contributed by atoms with E-state index in [9.17, 15) is 48.9 Å². The van der Waals surface area contributed by atoms with Crippen molar-refractivity contribution in [2.24, 2.45) is 5.73 Å². The first kappa shape index (κ1) is 41.6. The maximum Gasteiger partial charge on any atom is 0.326 e. The Labute approximate surface area is 291 Å². The van der Waals surface area contributed by atoms with Crippen molar-refractivity contribution in [1.82, 2.24) is 40.0 Å². The number of hydrogen-bond donors (Lipinski definition) is 9. The van der Waals surface area contributed by atoms with Crippen molar-refractivity contribution in [1.29, 1.82) is 0 Å². The number of nitrogens with two attached hydrogens (primary N) is 1. The summed E-state index contributed by atoms with van der Waals surface area (Å²) in [6, 6.07) is -4.78. The smallest absolute Gasteiger partial charge is 0.326 e. The van der Waals surface area contributed by atoms with Crippen LogP contribution in [-0.2, 0) is 54.9 Å². The third-order valence-corrected chi connectivity index (χ3v) is 7.59. The van der Waals surface area contributed by atoms with Gasteiger partial charge >= 0.3 is 35.9 Å². The second-order valence-corrected chi connectivity index (χ2v) is 11.7. The van der Waals surface area contributed by atoms with Crippen LogP contribution in [0.15, 0.2) is 24.8 Å². The van der Waals surface area contributed by atoms with Gasteiger partial charge in [0.2, 0.25) is 5.91 Å². The normalized spacial score (nSPS) is 12.8. The molecule has 0 spiro atoms. The SMILES string of the molecule is N[C@@H](CCCCN(Cc1nccn1CC(=O)O)Cc1nccn1CC(=O)O)C(=O)NCCCC[C@H](NC(=O)N[C@@H](CCC(=O)O)C(=O)O)C(=O)O. The van der Waals surface area contributed by atoms with Gasteiger partial charge in [0.1, 0.15) is 36.8 Å². The predicted octanol–water partition coefficient (Wildman–Crippen LogP) is -0.894. The van der Waals surface area contributed by atoms with Crippen molar-refractivity contribution in [3.8, 4) is 0 Å². The summed E-state index contributed by atoms with van der Waals surface area (Å²) in [4.78, 5) is 91.2. The summed E-state index contributed by atoms with van der Waals surface area (Å²) in [7, 11) is 0. The highest BCUT2D eigenvalue weighted by molar-refractivity contribution is 5.86. The van der Waals surface area contributed by atoms with Crippen LogP contribution in [0.4, 0.5) is 4.79 Å². The molecular formula is C30H45N9O12. The van der Waals surface area contributed by atoms with Crippen molar-refractivity contribution >= 4 is 41.8 Å². The van der Waals surface area contributed by atoms with Gasteiger partial charge in [-0.25, -0.2) is 24.4 Å². The number of aromatic nitrogens is 4. The van der Waals surface area contributed by atoms with E-state index in [1.54, 1.807) is 12.4 Å². The topological polar surface area (TPSA) is 322 Å². The fourth-order valence-electron chi connectivity index (χ4n) is 4.96. The number of carboxylic acids is 5. The van der Waals surface area contributed by atoms with Crippen molar-refractivity contribution < 1.29 is 59.1 Å². The summed E-state index contributed by atoms with van der Waals surface area (Å²) in [5, 5.41) is 52.7. The van der Waals surface area contributed by atoms with E-state index in [0.717, 1.165) is 0 Å². The van der Waals surface area contributed by atoms with Crippen LogP contribution in [0.3, 0.4) is 0 Å². The van der Waals surface area contributed by atoms with Gasteiger partial charge in [0.15, 0.2) is 0 Å². The molecule has 2 aromatic heterocycles. The Morgan fingerprint density at radius 1 is 0.706 bits per heavy atom. The molecule has 3 atom stereocenters. The second kappa shape index (κ2) is 21.5. The predicted molar refractivity (Wildman–Crippen MR) is 174 cm³/mol. The highest BCUT2D eigenvalue weighted by Crippen LogP contribution is 2.12. The lowest BCUT2D eigenvalue weighted by atomic mass is 10.1. The van der Waals surface area contributed by atoms with Crippen molar-refractivity contribution in [2.45, 2.75) is 95.7 Å². The molecule has 2 heterocycles. The third kappa shape index (κ3) is 16.1. The summed E-state index contributed by atoms with van der Waals surface area (Å²) in [5.74, 6) is -5.55. The summed E-state index contributed by atoms with van der Waals surface area (Å²) >= 11 is 0. The average Bonchev–Trinajstić information content (AvgIpc) is 3.67. The molecule has 0 aliphatic heterocycles. The number of nitrogens with zero attached hydrogens (tertiary/aromatic N) is 5. The number of carboxylic acid groups (broad SMARTS) is 5. The Balaban J connectivity index is 1.80. The minimum atomic E-state index is -1.52. The molecule has 21 heteroatoms. The number of carbonyl (C=O) groups excluding carboxylic acids is 2. The van der Waals surface area contributed by atoms with E-state index in [-0.39, 0.29) is 52.0 Å². The zero-order chi connectivity index (χ0) is 37.9. The highest BCUT2D eigenvalue weighted by atomic mass is 16.4. The molecule has 3 amide bonds. The number of hydrogen-bond acceptors (Lipinski definition) is 11. The number of imidazole rings is 2. The molecule has 10 N–H and O–H groups in total. The summed E-state index contributed by atoms with van der Waals surface area (Å²) in [6.07, 6.45) is 7.27. The molecule has 0 fully saturated rings. The highest BCUT2D eigenvalue weighted by Gasteiger charge is 2.25. The quantitative estimate of drug-likeness (QED) is 0.0531. The Hall–Kier alpha value is -5.57. The minimum absolute atomic E-state index is 0.0266. The zero-order valence-corrected chi connectivity index (χ0v) is 27.8. The Bertz CT molecular complexity index is 1440. The Morgan fingerprint density at radius 2 is 1.22 bits per heavy atom. The molecule has 0 aliphatic rings. The van der Waals surface area contributed by atoms with Crippen LogP contribution in [-0.4, -0.2) is 123 Å². The van der Waals surface area contributed by atoms with Crippen molar-refractivity contribution in [3.63, 3.8) is 0 Å². The first-order chi connectivity index (χ1) is 24.2. The van der Waals surface area contributed by atoms with Crippen molar-refractivity contribution in [2.75, 3.05) is 13.1 Å². The summed E-state index contributed by atoms with van der Waals surface area (Å²) in [5.41, 5.74) is 6.07. The van der Waals surface area contributed by atoms with Crippen LogP contribution in [0.1, 0.15) is 63.0 Å². The van der Waals surface area contributed by atoms with E-state index in [1.165, 1.54) is 21.5 Å². The number of unbranched alkanes of at least 4 members (excludes halogenated alkanes) is 2. The molecule has 0 radical (unpaired) electrons. The minimum Gasteiger partial charge on any atom is -0.481 e. The molecule has 21 nitrogen and oxygen atoms in total. The Kier molecular flexibility index (Phi) is 17.5. The summed E-state index contributed by atoms with van der Waals surface area (Å²) < 4.78 is 3.00. The van der Waals surface area contributed by atoms with Gasteiger partial charge in [0, 0.05) is 37.8 Å². The van der Waals surface area contributed by atoms with E-state index in [2.05, 4.69) is 25.9 Å². The number of nitrogens with one attached hydrogen (secondary N) is 3. The lowest BCUT2D eigenvalue weighted by Gasteiger charge is -2.23. The van der Waals surface area contributed by atoms with Crippen LogP contribution < -0.4 is 21.7 Å². The van der Waals surface area contributed by atoms with E-state index >= 15 is 0 Å². The number of urea groups is 1. The van der Waals surface area contributed by atoms with Crippen LogP contribution >= 0.6 is 0 Å². The number of amides is 3. The van der Waals surface area contributed by atoms with E-state index in [4.69, 9.17) is 15.9 Å². The average molecular weight is 724 g/mol. The molecule has 0 saturated carbocycles. The molecule has 2 aromatic rings. The second-order valence-electron chi connectivity index (χ2n) is 11.7. The van der Waals surface area contributed by atoms with Gasteiger partial charge in [-0.05, 0) is 45.1 Å². The van der Waals surface area contributed by atoms with E-state index in [1.807, 2.05) is 4.90 Å². The van der Waals surface area contributed by atoms with Gasteiger partial charge in [0.05, 0.1) is 19.1 Å². The van der Waals surface area contributed by atoms with Gasteiger partial charge < -0.3 is 56.4 Å². The van der Waals surface area contributed by atoms with Gasteiger partial charge in [-0.3, -0.25) is 24.1 Å². The molecule has 51 heavy (non-hydrogen) atoms. The molecule has 0 saturated heterocycles. The molecule has 0 aromatic carbocycles. The zero-order valence-electron chi connectivity index (χ0n) is 27.8. The van der Waals surface area contributed by atoms with E-state index < -0.39 is 66.3 Å². The van der Waals surface area contributed by atoms with Crippen LogP contribution in [0.2, 0.25) is 0 Å². The fraction of sp³-hybridized carbons (Fsp3) is 0.567. The monoisotopic (exact) mass is 723 g/mol. The van der Waals surface area contributed by atoms with Gasteiger partial charge in [-0.15, -0.1) is 0 Å². The van der Waals surface area contributed by atoms with E-state index in [0.29, 0.717) is 43.9 Å². The van der Waals surface area contributed by atoms with Crippen LogP contribution in [0.25, 0.3) is 0 Å². The maximum absolute atomic E-state index is 12.5. The molecule has 0 bridgehead atoms. The van der Waals surface area contributed by atoms with Gasteiger partial charge in [-0.2, -0.15) is 0 Å². The van der Waals surface area contributed by atoms with Gasteiger partial charge in [-0.1, -0.05) is 6.42 Å². The maximum atomic E-state index is 12.5. The number of carbonyl (C=O) groups is 7. The summed E-state index contributed by atoms with van der Waals surface area (Å²) in [6.45, 7) is 0.616. The standard InChI is InChI=1S/C30H45N9O12/c31-19(27(46)34-9-3-1-6-20(28(47)48)35-30(51)36-21(29(49)50)7-8-24(40)41)5-2-4-12-37(15-22-32-10-13-38(22)17-25(42)43)16-23-33-11-14-39(23)18-26(44)45/h10-11,13-14,19-21H,1-9,12,15-18,31H2,(H,34,46)(H,40,41)(H,42,43)(H,44,45)(H,47,48)(H,49,50)(H2,35,36,51)/t19-,20-,21-/m0/s1. The first-order valence-corrected chi connectivity index (χ1v) is 16.1. The molecule has 0 aliphatic carbocycles. The number of aliphatic carboxylic acids is 5. The molecular weight excluding hydrogens is 678 g/mol. The molecule has 0 unspecified atom stereocenters. The number of rotatable bonds is 26. The van der Waals surface area contributed by atoms with Crippen LogP contribution in [0.5, 0.6) is 0 Å². The Morgan fingerprint density at radius 3 is 1.71 bits per heavy atom. The lowest BCUT2D eigenvalue weighted by molar-refractivity contribution is -0.141. The first-order valence-electron chi connectivity index (χ1n) is 16.1. The fourth-order valence-corrected chi connectivity index (χ4v) is 4.96. The largest absolute Gasteiger partial charge is 0.481 e. The van der Waals surface area contributed by atoms with Crippen molar-refractivity contribution in [3.05, 3.63) is 36.4 Å².